The lowest BCUT2D eigenvalue weighted by Crippen LogP contribution is -2.51. The number of carbonyl (C=O) groups excluding carboxylic acids is 1. The molecule has 1 fully saturated rings. The van der Waals surface area contributed by atoms with Crippen molar-refractivity contribution in [3.05, 3.63) is 53.7 Å². The van der Waals surface area contributed by atoms with Crippen LogP contribution >= 0.6 is 0 Å². The van der Waals surface area contributed by atoms with E-state index in [0.717, 1.165) is 24.4 Å². The fourth-order valence-electron chi connectivity index (χ4n) is 4.09. The van der Waals surface area contributed by atoms with E-state index in [4.69, 9.17) is 0 Å². The molecule has 0 aliphatic carbocycles. The maximum absolute atomic E-state index is 12.9. The quantitative estimate of drug-likeness (QED) is 0.788. The molecule has 3 heterocycles. The van der Waals surface area contributed by atoms with Crippen LogP contribution in [0.25, 0.3) is 0 Å². The molecule has 1 unspecified atom stereocenters. The van der Waals surface area contributed by atoms with Gasteiger partial charge in [-0.15, -0.1) is 0 Å². The van der Waals surface area contributed by atoms with E-state index in [1.54, 1.807) is 0 Å². The van der Waals surface area contributed by atoms with Crippen molar-refractivity contribution in [3.8, 4) is 0 Å². The molecule has 4 rings (SSSR count). The van der Waals surface area contributed by atoms with Crippen molar-refractivity contribution in [2.24, 2.45) is 0 Å². The number of amides is 1. The van der Waals surface area contributed by atoms with Crippen molar-refractivity contribution in [3.63, 3.8) is 0 Å². The summed E-state index contributed by atoms with van der Waals surface area (Å²) < 4.78 is 38.1. The zero-order chi connectivity index (χ0) is 20.6. The maximum Gasteiger partial charge on any atom is 0.417 e. The monoisotopic (exact) mass is 404 g/mol. The SMILES string of the molecule is CC1Cc2ccccc2N1C(=O)CN1CCN(c2ccc(C(F)(F)F)cn2)CC1. The zero-order valence-corrected chi connectivity index (χ0v) is 16.2. The minimum absolute atomic E-state index is 0.0866. The highest BCUT2D eigenvalue weighted by Gasteiger charge is 2.33. The number of fused-ring (bicyclic) bond motifs is 1. The Morgan fingerprint density at radius 3 is 2.48 bits per heavy atom. The fourth-order valence-corrected chi connectivity index (χ4v) is 4.09. The minimum Gasteiger partial charge on any atom is -0.354 e. The van der Waals surface area contributed by atoms with E-state index in [1.165, 1.54) is 11.6 Å². The predicted octanol–water partition coefficient (Wildman–Crippen LogP) is 3.20. The second-order valence-corrected chi connectivity index (χ2v) is 7.61. The molecule has 154 valence electrons. The molecular weight excluding hydrogens is 381 g/mol. The van der Waals surface area contributed by atoms with Gasteiger partial charge in [0.05, 0.1) is 12.1 Å². The first-order valence-electron chi connectivity index (χ1n) is 9.73. The number of rotatable bonds is 3. The van der Waals surface area contributed by atoms with Crippen LogP contribution in [0.3, 0.4) is 0 Å². The third-order valence-corrected chi connectivity index (χ3v) is 5.61. The Labute approximate surface area is 167 Å². The number of nitrogens with zero attached hydrogens (tertiary/aromatic N) is 4. The third-order valence-electron chi connectivity index (χ3n) is 5.61. The summed E-state index contributed by atoms with van der Waals surface area (Å²) in [5.41, 5.74) is 1.45. The Hall–Kier alpha value is -2.61. The van der Waals surface area contributed by atoms with Gasteiger partial charge in [0.1, 0.15) is 5.82 Å². The minimum atomic E-state index is -4.38. The molecule has 5 nitrogen and oxygen atoms in total. The van der Waals surface area contributed by atoms with E-state index in [0.29, 0.717) is 38.5 Å². The summed E-state index contributed by atoms with van der Waals surface area (Å²) in [5.74, 6) is 0.620. The van der Waals surface area contributed by atoms with Crippen LogP contribution in [0.5, 0.6) is 0 Å². The fraction of sp³-hybridized carbons (Fsp3) is 0.429. The number of alkyl halides is 3. The van der Waals surface area contributed by atoms with Crippen LogP contribution in [0.2, 0.25) is 0 Å². The Morgan fingerprint density at radius 2 is 1.83 bits per heavy atom. The van der Waals surface area contributed by atoms with Crippen molar-refractivity contribution in [1.29, 1.82) is 0 Å². The van der Waals surface area contributed by atoms with Gasteiger partial charge in [0.25, 0.3) is 0 Å². The van der Waals surface area contributed by atoms with E-state index in [2.05, 4.69) is 22.9 Å². The summed E-state index contributed by atoms with van der Waals surface area (Å²) in [5, 5.41) is 0. The van der Waals surface area contributed by atoms with Crippen molar-refractivity contribution in [2.75, 3.05) is 42.5 Å². The summed E-state index contributed by atoms with van der Waals surface area (Å²) >= 11 is 0. The molecule has 2 aromatic rings. The summed E-state index contributed by atoms with van der Waals surface area (Å²) in [7, 11) is 0. The number of hydrogen-bond donors (Lipinski definition) is 0. The zero-order valence-electron chi connectivity index (χ0n) is 16.2. The molecular formula is C21H23F3N4O. The van der Waals surface area contributed by atoms with Crippen LogP contribution in [-0.4, -0.2) is 54.6 Å². The Balaban J connectivity index is 1.34. The molecule has 0 N–H and O–H groups in total. The number of piperazine rings is 1. The van der Waals surface area contributed by atoms with Crippen LogP contribution in [0.4, 0.5) is 24.7 Å². The second-order valence-electron chi connectivity index (χ2n) is 7.61. The molecule has 0 radical (unpaired) electrons. The van der Waals surface area contributed by atoms with Gasteiger partial charge >= 0.3 is 6.18 Å². The summed E-state index contributed by atoms with van der Waals surface area (Å²) in [6.07, 6.45) is -2.64. The average Bonchev–Trinajstić information content (AvgIpc) is 3.04. The van der Waals surface area contributed by atoms with Crippen LogP contribution in [0, 0.1) is 0 Å². The molecule has 0 bridgehead atoms. The highest BCUT2D eigenvalue weighted by Crippen LogP contribution is 2.32. The Kier molecular flexibility index (Phi) is 5.21. The van der Waals surface area contributed by atoms with Crippen molar-refractivity contribution < 1.29 is 18.0 Å². The largest absolute Gasteiger partial charge is 0.417 e. The van der Waals surface area contributed by atoms with Gasteiger partial charge in [-0.25, -0.2) is 4.98 Å². The van der Waals surface area contributed by atoms with Crippen molar-refractivity contribution in [2.45, 2.75) is 25.6 Å². The van der Waals surface area contributed by atoms with Gasteiger partial charge in [-0.05, 0) is 37.1 Å². The number of carbonyl (C=O) groups is 1. The summed E-state index contributed by atoms with van der Waals surface area (Å²) in [6, 6.07) is 10.6. The number of pyridine rings is 1. The van der Waals surface area contributed by atoms with Crippen LogP contribution < -0.4 is 9.80 Å². The summed E-state index contributed by atoms with van der Waals surface area (Å²) in [4.78, 5) is 22.8. The normalized spacial score (nSPS) is 20.1. The molecule has 29 heavy (non-hydrogen) atoms. The van der Waals surface area contributed by atoms with Crippen LogP contribution in [-0.2, 0) is 17.4 Å². The van der Waals surface area contributed by atoms with Gasteiger partial charge in [-0.2, -0.15) is 13.2 Å². The standard InChI is InChI=1S/C21H23F3N4O/c1-15-12-16-4-2-3-5-18(16)28(15)20(29)14-26-8-10-27(11-9-26)19-7-6-17(13-25-19)21(22,23)24/h2-7,13,15H,8-12,14H2,1H3. The molecule has 1 saturated heterocycles. The molecule has 1 aromatic carbocycles. The van der Waals surface area contributed by atoms with Gasteiger partial charge in [-0.3, -0.25) is 9.69 Å². The number of para-hydroxylation sites is 1. The third kappa shape index (κ3) is 4.07. The lowest BCUT2D eigenvalue weighted by molar-refractivity contribution is -0.137. The van der Waals surface area contributed by atoms with Gasteiger partial charge in [0, 0.05) is 44.1 Å². The van der Waals surface area contributed by atoms with Gasteiger partial charge in [-0.1, -0.05) is 18.2 Å². The first-order chi connectivity index (χ1) is 13.8. The van der Waals surface area contributed by atoms with Crippen molar-refractivity contribution in [1.82, 2.24) is 9.88 Å². The molecule has 8 heteroatoms. The smallest absolute Gasteiger partial charge is 0.354 e. The van der Waals surface area contributed by atoms with Gasteiger partial charge in [0.15, 0.2) is 0 Å². The summed E-state index contributed by atoms with van der Waals surface area (Å²) in [6.45, 7) is 4.98. The van der Waals surface area contributed by atoms with Gasteiger partial charge < -0.3 is 9.80 Å². The van der Waals surface area contributed by atoms with E-state index in [9.17, 15) is 18.0 Å². The van der Waals surface area contributed by atoms with Gasteiger partial charge in [0.2, 0.25) is 5.91 Å². The lowest BCUT2D eigenvalue weighted by atomic mass is 10.1. The highest BCUT2D eigenvalue weighted by molar-refractivity contribution is 5.97. The highest BCUT2D eigenvalue weighted by atomic mass is 19.4. The first-order valence-corrected chi connectivity index (χ1v) is 9.73. The predicted molar refractivity (Wildman–Crippen MR) is 105 cm³/mol. The second kappa shape index (κ2) is 7.67. The molecule has 1 amide bonds. The number of halogens is 3. The lowest BCUT2D eigenvalue weighted by Gasteiger charge is -2.36. The van der Waals surface area contributed by atoms with Crippen LogP contribution in [0.1, 0.15) is 18.1 Å². The molecule has 2 aliphatic heterocycles. The average molecular weight is 404 g/mol. The molecule has 1 atom stereocenters. The Bertz CT molecular complexity index is 876. The topological polar surface area (TPSA) is 39.7 Å². The number of aromatic nitrogens is 1. The van der Waals surface area contributed by atoms with Crippen molar-refractivity contribution >= 4 is 17.4 Å². The van der Waals surface area contributed by atoms with Crippen LogP contribution in [0.15, 0.2) is 42.6 Å². The molecule has 0 saturated carbocycles. The van der Waals surface area contributed by atoms with E-state index in [1.807, 2.05) is 28.0 Å². The Morgan fingerprint density at radius 1 is 1.10 bits per heavy atom. The molecule has 0 spiro atoms. The number of hydrogen-bond acceptors (Lipinski definition) is 4. The molecule has 1 aromatic heterocycles. The van der Waals surface area contributed by atoms with E-state index in [-0.39, 0.29) is 11.9 Å². The van der Waals surface area contributed by atoms with E-state index < -0.39 is 11.7 Å². The maximum atomic E-state index is 12.9. The number of benzene rings is 1. The molecule has 2 aliphatic rings. The number of anilines is 2. The first kappa shape index (κ1) is 19.7. The van der Waals surface area contributed by atoms with E-state index >= 15 is 0 Å².